The molecule has 1 aromatic rings. The molecule has 1 aliphatic heterocycles. The summed E-state index contributed by atoms with van der Waals surface area (Å²) in [4.78, 5) is 26.7. The summed E-state index contributed by atoms with van der Waals surface area (Å²) >= 11 is 11.4. The third-order valence-electron chi connectivity index (χ3n) is 2.78. The highest BCUT2D eigenvalue weighted by Gasteiger charge is 2.39. The number of likely N-dealkylation sites (tertiary alicyclic amines) is 1. The van der Waals surface area contributed by atoms with Crippen molar-refractivity contribution in [2.45, 2.75) is 18.6 Å². The molecule has 6 nitrogen and oxygen atoms in total. The van der Waals surface area contributed by atoms with Gasteiger partial charge in [0.25, 0.3) is 5.91 Å². The standard InChI is InChI=1S/C10H10Cl2N2O4/c11-5-2-6(13-8(5)12)9(16)14-3-4(15)1-7(14)10(17)18/h2,4,7,13,15H,1,3H2,(H,17,18)/t4-,7-/m0/s1. The van der Waals surface area contributed by atoms with Crippen molar-refractivity contribution >= 4 is 35.1 Å². The number of aliphatic hydroxyl groups is 1. The number of aliphatic carboxylic acids is 1. The number of amides is 1. The molecule has 1 amide bonds. The second kappa shape index (κ2) is 4.79. The van der Waals surface area contributed by atoms with E-state index in [4.69, 9.17) is 28.3 Å². The summed E-state index contributed by atoms with van der Waals surface area (Å²) in [5.74, 6) is -1.70. The fourth-order valence-electron chi connectivity index (χ4n) is 1.95. The number of carbonyl (C=O) groups is 2. The molecule has 1 aromatic heterocycles. The molecular formula is C10H10Cl2N2O4. The Labute approximate surface area is 112 Å². The Morgan fingerprint density at radius 1 is 1.44 bits per heavy atom. The molecule has 98 valence electrons. The van der Waals surface area contributed by atoms with Crippen LogP contribution in [0.4, 0.5) is 0 Å². The van der Waals surface area contributed by atoms with Crippen LogP contribution in [0.15, 0.2) is 6.07 Å². The van der Waals surface area contributed by atoms with Crippen molar-refractivity contribution in [3.63, 3.8) is 0 Å². The van der Waals surface area contributed by atoms with Gasteiger partial charge in [-0.15, -0.1) is 0 Å². The number of halogens is 2. The lowest BCUT2D eigenvalue weighted by Gasteiger charge is -2.20. The zero-order chi connectivity index (χ0) is 13.4. The van der Waals surface area contributed by atoms with Crippen LogP contribution in [0.25, 0.3) is 0 Å². The van der Waals surface area contributed by atoms with E-state index in [1.807, 2.05) is 0 Å². The molecule has 0 unspecified atom stereocenters. The van der Waals surface area contributed by atoms with Crippen LogP contribution in [-0.4, -0.2) is 50.7 Å². The molecule has 2 rings (SSSR count). The van der Waals surface area contributed by atoms with Gasteiger partial charge in [-0.1, -0.05) is 23.2 Å². The number of aromatic nitrogens is 1. The number of hydrogen-bond donors (Lipinski definition) is 3. The first kappa shape index (κ1) is 13.2. The van der Waals surface area contributed by atoms with Crippen LogP contribution in [0.2, 0.25) is 10.2 Å². The first-order chi connectivity index (χ1) is 8.40. The number of rotatable bonds is 2. The Balaban J connectivity index is 2.25. The van der Waals surface area contributed by atoms with Crippen LogP contribution in [0.5, 0.6) is 0 Å². The molecule has 1 saturated heterocycles. The number of nitrogens with zero attached hydrogens (tertiary/aromatic N) is 1. The van der Waals surface area contributed by atoms with E-state index in [1.165, 1.54) is 6.07 Å². The number of aliphatic hydroxyl groups excluding tert-OH is 1. The van der Waals surface area contributed by atoms with Gasteiger partial charge in [-0.3, -0.25) is 4.79 Å². The zero-order valence-corrected chi connectivity index (χ0v) is 10.6. The van der Waals surface area contributed by atoms with Gasteiger partial charge < -0.3 is 20.1 Å². The van der Waals surface area contributed by atoms with Crippen LogP contribution >= 0.6 is 23.2 Å². The average molecular weight is 293 g/mol. The van der Waals surface area contributed by atoms with Gasteiger partial charge in [0.2, 0.25) is 0 Å². The topological polar surface area (TPSA) is 93.6 Å². The molecule has 0 aliphatic carbocycles. The third kappa shape index (κ3) is 2.31. The van der Waals surface area contributed by atoms with Crippen molar-refractivity contribution in [2.75, 3.05) is 6.54 Å². The molecule has 2 heterocycles. The molecule has 0 bridgehead atoms. The Morgan fingerprint density at radius 3 is 2.61 bits per heavy atom. The van der Waals surface area contributed by atoms with E-state index in [0.29, 0.717) is 0 Å². The minimum Gasteiger partial charge on any atom is -0.480 e. The predicted octanol–water partition coefficient (Wildman–Crippen LogP) is 0.981. The first-order valence-electron chi connectivity index (χ1n) is 5.16. The normalized spacial score (nSPS) is 23.4. The summed E-state index contributed by atoms with van der Waals surface area (Å²) in [6.45, 7) is -0.0238. The van der Waals surface area contributed by atoms with E-state index in [9.17, 15) is 14.7 Å². The van der Waals surface area contributed by atoms with Crippen molar-refractivity contribution in [3.05, 3.63) is 21.9 Å². The second-order valence-electron chi connectivity index (χ2n) is 4.05. The van der Waals surface area contributed by atoms with Crippen molar-refractivity contribution in [1.82, 2.24) is 9.88 Å². The molecule has 3 N–H and O–H groups in total. The Bertz CT molecular complexity index is 483. The summed E-state index contributed by atoms with van der Waals surface area (Å²) in [5, 5.41) is 18.7. The molecule has 0 radical (unpaired) electrons. The Kier molecular flexibility index (Phi) is 3.52. The van der Waals surface area contributed by atoms with E-state index >= 15 is 0 Å². The highest BCUT2D eigenvalue weighted by Crippen LogP contribution is 2.25. The quantitative estimate of drug-likeness (QED) is 0.757. The van der Waals surface area contributed by atoms with Crippen LogP contribution in [0.1, 0.15) is 16.9 Å². The zero-order valence-electron chi connectivity index (χ0n) is 9.06. The van der Waals surface area contributed by atoms with E-state index in [1.54, 1.807) is 0 Å². The van der Waals surface area contributed by atoms with Gasteiger partial charge in [0, 0.05) is 13.0 Å². The fourth-order valence-corrected chi connectivity index (χ4v) is 2.26. The van der Waals surface area contributed by atoms with Gasteiger partial charge >= 0.3 is 5.97 Å². The van der Waals surface area contributed by atoms with Gasteiger partial charge in [0.1, 0.15) is 16.9 Å². The van der Waals surface area contributed by atoms with Gasteiger partial charge in [-0.05, 0) is 6.07 Å². The molecule has 0 saturated carbocycles. The monoisotopic (exact) mass is 292 g/mol. The molecule has 0 spiro atoms. The maximum absolute atomic E-state index is 12.1. The highest BCUT2D eigenvalue weighted by molar-refractivity contribution is 6.41. The fraction of sp³-hybridized carbons (Fsp3) is 0.400. The smallest absolute Gasteiger partial charge is 0.326 e. The summed E-state index contributed by atoms with van der Waals surface area (Å²) in [7, 11) is 0. The van der Waals surface area contributed by atoms with Crippen LogP contribution < -0.4 is 0 Å². The van der Waals surface area contributed by atoms with Gasteiger partial charge in [-0.2, -0.15) is 0 Å². The summed E-state index contributed by atoms with van der Waals surface area (Å²) in [6.07, 6.45) is -0.820. The lowest BCUT2D eigenvalue weighted by molar-refractivity contribution is -0.141. The Hall–Kier alpha value is -1.24. The second-order valence-corrected chi connectivity index (χ2v) is 4.83. The Morgan fingerprint density at radius 2 is 2.11 bits per heavy atom. The number of β-amino-alcohol motifs (C(OH)–C–C–N with tert-alkyl or cyclic N) is 1. The number of carbonyl (C=O) groups excluding carboxylic acids is 1. The van der Waals surface area contributed by atoms with E-state index in [-0.39, 0.29) is 28.8 Å². The molecular weight excluding hydrogens is 283 g/mol. The third-order valence-corrected chi connectivity index (χ3v) is 3.47. The van der Waals surface area contributed by atoms with Gasteiger partial charge in [-0.25, -0.2) is 4.79 Å². The molecule has 2 atom stereocenters. The van der Waals surface area contributed by atoms with E-state index < -0.39 is 24.0 Å². The van der Waals surface area contributed by atoms with Crippen molar-refractivity contribution < 1.29 is 19.8 Å². The first-order valence-corrected chi connectivity index (χ1v) is 5.91. The lowest BCUT2D eigenvalue weighted by atomic mass is 10.2. The summed E-state index contributed by atoms with van der Waals surface area (Å²) in [6, 6.07) is 0.295. The molecule has 1 aliphatic rings. The molecule has 18 heavy (non-hydrogen) atoms. The highest BCUT2D eigenvalue weighted by atomic mass is 35.5. The van der Waals surface area contributed by atoms with Crippen molar-refractivity contribution in [2.24, 2.45) is 0 Å². The number of carboxylic acids is 1. The number of H-pyrrole nitrogens is 1. The van der Waals surface area contributed by atoms with Crippen molar-refractivity contribution in [1.29, 1.82) is 0 Å². The minimum absolute atomic E-state index is 0.0171. The minimum atomic E-state index is -1.15. The van der Waals surface area contributed by atoms with Gasteiger partial charge in [0.05, 0.1) is 11.1 Å². The predicted molar refractivity (Wildman–Crippen MR) is 63.9 cm³/mol. The maximum atomic E-state index is 12.1. The van der Waals surface area contributed by atoms with E-state index in [2.05, 4.69) is 4.98 Å². The summed E-state index contributed by atoms with van der Waals surface area (Å²) < 4.78 is 0. The van der Waals surface area contributed by atoms with Crippen LogP contribution in [-0.2, 0) is 4.79 Å². The largest absolute Gasteiger partial charge is 0.480 e. The van der Waals surface area contributed by atoms with Crippen molar-refractivity contribution in [3.8, 4) is 0 Å². The molecule has 1 fully saturated rings. The molecule has 0 aromatic carbocycles. The van der Waals surface area contributed by atoms with Gasteiger partial charge in [0.15, 0.2) is 0 Å². The number of aromatic amines is 1. The van der Waals surface area contributed by atoms with E-state index in [0.717, 1.165) is 4.90 Å². The summed E-state index contributed by atoms with van der Waals surface area (Å²) in [5.41, 5.74) is 0.102. The van der Waals surface area contributed by atoms with Crippen LogP contribution in [0.3, 0.4) is 0 Å². The SMILES string of the molecule is O=C(O)[C@@H]1C[C@H](O)CN1C(=O)c1cc(Cl)c(Cl)[nH]1. The number of nitrogens with one attached hydrogen (secondary N) is 1. The molecule has 8 heteroatoms. The average Bonchev–Trinajstić information content (AvgIpc) is 2.82. The number of hydrogen-bond acceptors (Lipinski definition) is 3. The number of carboxylic acid groups (broad SMARTS) is 1. The maximum Gasteiger partial charge on any atom is 0.326 e. The lowest BCUT2D eigenvalue weighted by Crippen LogP contribution is -2.40. The van der Waals surface area contributed by atoms with Crippen LogP contribution in [0, 0.1) is 0 Å².